The smallest absolute Gasteiger partial charge is 0.125 e. The minimum Gasteiger partial charge on any atom is -0.361 e. The van der Waals surface area contributed by atoms with E-state index in [1.54, 1.807) is 0 Å². The summed E-state index contributed by atoms with van der Waals surface area (Å²) in [7, 11) is 0. The molecule has 0 amide bonds. The summed E-state index contributed by atoms with van der Waals surface area (Å²) in [5, 5.41) is 10.3. The third kappa shape index (κ3) is 2.03. The Kier molecular flexibility index (Phi) is 2.79. The predicted octanol–water partition coefficient (Wildman–Crippen LogP) is 5.34. The van der Waals surface area contributed by atoms with Gasteiger partial charge in [-0.15, -0.1) is 0 Å². The molecule has 21 heavy (non-hydrogen) atoms. The SMILES string of the molecule is Cc1ccc(C2Nc3cccc4cccc(c34)N2)c(Cl)c1. The molecular weight excluding hydrogens is 280 g/mol. The molecule has 0 radical (unpaired) electrons. The van der Waals surface area contributed by atoms with E-state index in [2.05, 4.69) is 59.2 Å². The van der Waals surface area contributed by atoms with Crippen LogP contribution in [-0.2, 0) is 0 Å². The van der Waals surface area contributed by atoms with Gasteiger partial charge in [-0.3, -0.25) is 0 Å². The van der Waals surface area contributed by atoms with Crippen LogP contribution in [0.4, 0.5) is 11.4 Å². The molecule has 0 saturated carbocycles. The number of hydrogen-bond acceptors (Lipinski definition) is 2. The van der Waals surface area contributed by atoms with Gasteiger partial charge in [0.1, 0.15) is 6.17 Å². The number of anilines is 2. The van der Waals surface area contributed by atoms with Crippen molar-refractivity contribution < 1.29 is 0 Å². The summed E-state index contributed by atoms with van der Waals surface area (Å²) in [4.78, 5) is 0. The lowest BCUT2D eigenvalue weighted by Crippen LogP contribution is -2.23. The van der Waals surface area contributed by atoms with Crippen molar-refractivity contribution in [3.63, 3.8) is 0 Å². The number of benzene rings is 3. The van der Waals surface area contributed by atoms with Crippen molar-refractivity contribution in [3.05, 3.63) is 70.7 Å². The van der Waals surface area contributed by atoms with E-state index in [-0.39, 0.29) is 6.17 Å². The van der Waals surface area contributed by atoms with Crippen molar-refractivity contribution in [1.82, 2.24) is 0 Å². The highest BCUT2D eigenvalue weighted by Crippen LogP contribution is 2.39. The van der Waals surface area contributed by atoms with Crippen LogP contribution in [0.1, 0.15) is 17.3 Å². The van der Waals surface area contributed by atoms with Crippen LogP contribution in [0.2, 0.25) is 5.02 Å². The zero-order valence-electron chi connectivity index (χ0n) is 11.7. The number of hydrogen-bond donors (Lipinski definition) is 2. The number of nitrogens with one attached hydrogen (secondary N) is 2. The molecule has 0 aliphatic carbocycles. The first-order valence-electron chi connectivity index (χ1n) is 7.03. The molecule has 0 atom stereocenters. The standard InChI is InChI=1S/C18H15ClN2/c1-11-8-9-13(14(19)10-11)18-20-15-6-2-4-12-5-3-7-16(21-18)17(12)15/h2-10,18,20-21H,1H3. The Bertz CT molecular complexity index is 801. The van der Waals surface area contributed by atoms with Gasteiger partial charge in [0.05, 0.1) is 0 Å². The number of halogens is 1. The van der Waals surface area contributed by atoms with E-state index in [0.29, 0.717) is 0 Å². The second kappa shape index (κ2) is 4.68. The Hall–Kier alpha value is -2.19. The molecule has 0 spiro atoms. The van der Waals surface area contributed by atoms with Gasteiger partial charge in [-0.25, -0.2) is 0 Å². The molecule has 2 nitrogen and oxygen atoms in total. The largest absolute Gasteiger partial charge is 0.361 e. The highest BCUT2D eigenvalue weighted by molar-refractivity contribution is 6.31. The lowest BCUT2D eigenvalue weighted by molar-refractivity contribution is 0.896. The van der Waals surface area contributed by atoms with Crippen LogP contribution < -0.4 is 10.6 Å². The van der Waals surface area contributed by atoms with Crippen molar-refractivity contribution in [2.45, 2.75) is 13.1 Å². The van der Waals surface area contributed by atoms with Crippen molar-refractivity contribution in [2.24, 2.45) is 0 Å². The molecule has 1 aliphatic heterocycles. The number of aryl methyl sites for hydroxylation is 1. The Balaban J connectivity index is 1.83. The average molecular weight is 295 g/mol. The normalized spacial score (nSPS) is 13.8. The molecule has 1 heterocycles. The molecular formula is C18H15ClN2. The molecule has 0 bridgehead atoms. The topological polar surface area (TPSA) is 24.1 Å². The summed E-state index contributed by atoms with van der Waals surface area (Å²) in [6, 6.07) is 18.8. The van der Waals surface area contributed by atoms with Crippen LogP contribution in [0, 0.1) is 6.92 Å². The van der Waals surface area contributed by atoms with Crippen LogP contribution in [0.25, 0.3) is 10.8 Å². The van der Waals surface area contributed by atoms with Gasteiger partial charge in [0.25, 0.3) is 0 Å². The fourth-order valence-electron chi connectivity index (χ4n) is 2.95. The molecule has 3 aromatic rings. The molecule has 0 aromatic heterocycles. The molecule has 0 fully saturated rings. The maximum absolute atomic E-state index is 6.41. The van der Waals surface area contributed by atoms with Gasteiger partial charge in [-0.05, 0) is 36.1 Å². The number of rotatable bonds is 1. The van der Waals surface area contributed by atoms with Gasteiger partial charge in [-0.1, -0.05) is 48.0 Å². The predicted molar refractivity (Wildman–Crippen MR) is 90.1 cm³/mol. The Morgan fingerprint density at radius 3 is 2.19 bits per heavy atom. The summed E-state index contributed by atoms with van der Waals surface area (Å²) in [6.45, 7) is 2.05. The third-order valence-electron chi connectivity index (χ3n) is 3.97. The molecule has 104 valence electrons. The van der Waals surface area contributed by atoms with E-state index >= 15 is 0 Å². The minimum atomic E-state index is -0.0152. The van der Waals surface area contributed by atoms with E-state index in [4.69, 9.17) is 11.6 Å². The fraction of sp³-hybridized carbons (Fsp3) is 0.111. The maximum atomic E-state index is 6.41. The first-order valence-corrected chi connectivity index (χ1v) is 7.41. The van der Waals surface area contributed by atoms with Crippen molar-refractivity contribution in [3.8, 4) is 0 Å². The van der Waals surface area contributed by atoms with Gasteiger partial charge in [0, 0.05) is 27.3 Å². The van der Waals surface area contributed by atoms with Crippen LogP contribution >= 0.6 is 11.6 Å². The summed E-state index contributed by atoms with van der Waals surface area (Å²) in [6.07, 6.45) is -0.0152. The summed E-state index contributed by atoms with van der Waals surface area (Å²) < 4.78 is 0. The molecule has 3 heteroatoms. The molecule has 0 unspecified atom stereocenters. The van der Waals surface area contributed by atoms with Crippen molar-refractivity contribution in [1.29, 1.82) is 0 Å². The highest BCUT2D eigenvalue weighted by Gasteiger charge is 2.21. The average Bonchev–Trinajstić information content (AvgIpc) is 2.47. The van der Waals surface area contributed by atoms with Crippen LogP contribution in [0.5, 0.6) is 0 Å². The second-order valence-corrected chi connectivity index (χ2v) is 5.86. The van der Waals surface area contributed by atoms with Gasteiger partial charge >= 0.3 is 0 Å². The van der Waals surface area contributed by atoms with E-state index in [1.165, 1.54) is 16.3 Å². The second-order valence-electron chi connectivity index (χ2n) is 5.46. The van der Waals surface area contributed by atoms with Crippen LogP contribution in [0.3, 0.4) is 0 Å². The first kappa shape index (κ1) is 12.5. The van der Waals surface area contributed by atoms with E-state index in [1.807, 2.05) is 13.0 Å². The highest BCUT2D eigenvalue weighted by atomic mass is 35.5. The van der Waals surface area contributed by atoms with Gasteiger partial charge in [0.15, 0.2) is 0 Å². The van der Waals surface area contributed by atoms with E-state index in [0.717, 1.165) is 22.0 Å². The maximum Gasteiger partial charge on any atom is 0.125 e. The Labute approximate surface area is 128 Å². The van der Waals surface area contributed by atoms with E-state index < -0.39 is 0 Å². The molecule has 3 aromatic carbocycles. The Morgan fingerprint density at radius 1 is 0.905 bits per heavy atom. The molecule has 4 rings (SSSR count). The summed E-state index contributed by atoms with van der Waals surface area (Å²) in [5.41, 5.74) is 4.52. The summed E-state index contributed by atoms with van der Waals surface area (Å²) in [5.74, 6) is 0. The molecule has 1 aliphatic rings. The van der Waals surface area contributed by atoms with Gasteiger partial charge in [-0.2, -0.15) is 0 Å². The first-order chi connectivity index (χ1) is 10.2. The Morgan fingerprint density at radius 2 is 1.57 bits per heavy atom. The van der Waals surface area contributed by atoms with Gasteiger partial charge < -0.3 is 10.6 Å². The molecule has 0 saturated heterocycles. The minimum absolute atomic E-state index is 0.0152. The quantitative estimate of drug-likeness (QED) is 0.633. The van der Waals surface area contributed by atoms with Crippen LogP contribution in [0.15, 0.2) is 54.6 Å². The van der Waals surface area contributed by atoms with Crippen molar-refractivity contribution in [2.75, 3.05) is 10.6 Å². The molecule has 2 N–H and O–H groups in total. The van der Waals surface area contributed by atoms with Crippen molar-refractivity contribution >= 4 is 33.7 Å². The zero-order chi connectivity index (χ0) is 14.4. The third-order valence-corrected chi connectivity index (χ3v) is 4.30. The zero-order valence-corrected chi connectivity index (χ0v) is 12.4. The van der Waals surface area contributed by atoms with Crippen LogP contribution in [-0.4, -0.2) is 0 Å². The monoisotopic (exact) mass is 294 g/mol. The van der Waals surface area contributed by atoms with E-state index in [9.17, 15) is 0 Å². The lowest BCUT2D eigenvalue weighted by atomic mass is 10.0. The van der Waals surface area contributed by atoms with Gasteiger partial charge in [0.2, 0.25) is 0 Å². The fourth-order valence-corrected chi connectivity index (χ4v) is 3.29. The lowest BCUT2D eigenvalue weighted by Gasteiger charge is -2.30. The summed E-state index contributed by atoms with van der Waals surface area (Å²) >= 11 is 6.41.